The van der Waals surface area contributed by atoms with E-state index in [1.807, 2.05) is 0 Å². The molecule has 0 radical (unpaired) electrons. The lowest BCUT2D eigenvalue weighted by molar-refractivity contribution is 0.0684. The van der Waals surface area contributed by atoms with Gasteiger partial charge in [0.25, 0.3) is 5.56 Å². The largest absolute Gasteiger partial charge is 0.477 e. The van der Waals surface area contributed by atoms with Crippen LogP contribution in [0.5, 0.6) is 0 Å². The molecule has 1 aromatic heterocycles. The van der Waals surface area contributed by atoms with Gasteiger partial charge in [0.2, 0.25) is 0 Å². The van der Waals surface area contributed by atoms with Crippen molar-refractivity contribution in [3.63, 3.8) is 0 Å². The van der Waals surface area contributed by atoms with Crippen LogP contribution in [0.1, 0.15) is 16.1 Å². The van der Waals surface area contributed by atoms with E-state index in [9.17, 15) is 9.59 Å². The highest BCUT2D eigenvalue weighted by molar-refractivity contribution is 5.87. The molecule has 0 fully saturated rings. The van der Waals surface area contributed by atoms with E-state index in [2.05, 4.69) is 0 Å². The average molecular weight is 167 g/mol. The van der Waals surface area contributed by atoms with Gasteiger partial charge >= 0.3 is 5.97 Å². The molecule has 0 atom stereocenters. The highest BCUT2D eigenvalue weighted by atomic mass is 16.4. The first-order valence-electron chi connectivity index (χ1n) is 3.44. The minimum atomic E-state index is -1.08. The summed E-state index contributed by atoms with van der Waals surface area (Å²) in [5, 5.41) is 8.71. The van der Waals surface area contributed by atoms with E-state index in [4.69, 9.17) is 5.11 Å². The second-order valence-electron chi connectivity index (χ2n) is 2.57. The Morgan fingerprint density at radius 1 is 1.50 bits per heavy atom. The molecule has 0 aliphatic rings. The topological polar surface area (TPSA) is 59.3 Å². The number of pyridine rings is 1. The fraction of sp³-hybridized carbons (Fsp3) is 0.250. The minimum absolute atomic E-state index is 0.0440. The van der Waals surface area contributed by atoms with Gasteiger partial charge in [-0.2, -0.15) is 0 Å². The van der Waals surface area contributed by atoms with E-state index in [1.165, 1.54) is 19.2 Å². The Kier molecular flexibility index (Phi) is 1.99. The predicted octanol–water partition coefficient (Wildman–Crippen LogP) is 0.392. The van der Waals surface area contributed by atoms with Crippen LogP contribution in [0.15, 0.2) is 16.9 Å². The number of aromatic nitrogens is 1. The third kappa shape index (κ3) is 1.23. The van der Waals surface area contributed by atoms with Crippen LogP contribution >= 0.6 is 0 Å². The molecule has 64 valence electrons. The van der Waals surface area contributed by atoms with Crippen LogP contribution in [0.3, 0.4) is 0 Å². The van der Waals surface area contributed by atoms with Crippen molar-refractivity contribution in [2.75, 3.05) is 0 Å². The van der Waals surface area contributed by atoms with Gasteiger partial charge in [0.1, 0.15) is 5.69 Å². The summed E-state index contributed by atoms with van der Waals surface area (Å²) in [7, 11) is 1.44. The Morgan fingerprint density at radius 3 is 2.50 bits per heavy atom. The van der Waals surface area contributed by atoms with Crippen LogP contribution in [0.4, 0.5) is 0 Å². The number of rotatable bonds is 1. The van der Waals surface area contributed by atoms with Crippen LogP contribution in [-0.4, -0.2) is 15.6 Å². The third-order valence-corrected chi connectivity index (χ3v) is 1.72. The summed E-state index contributed by atoms with van der Waals surface area (Å²) in [6, 6.07) is 2.85. The molecule has 1 aromatic rings. The van der Waals surface area contributed by atoms with Gasteiger partial charge in [-0.1, -0.05) is 6.07 Å². The molecular weight excluding hydrogens is 158 g/mol. The van der Waals surface area contributed by atoms with Crippen molar-refractivity contribution in [1.29, 1.82) is 0 Å². The summed E-state index contributed by atoms with van der Waals surface area (Å²) >= 11 is 0. The van der Waals surface area contributed by atoms with Gasteiger partial charge in [-0.3, -0.25) is 4.79 Å². The second-order valence-corrected chi connectivity index (χ2v) is 2.57. The summed E-state index contributed by atoms with van der Waals surface area (Å²) in [4.78, 5) is 21.6. The highest BCUT2D eigenvalue weighted by Crippen LogP contribution is 2.02. The molecule has 0 amide bonds. The maximum Gasteiger partial charge on any atom is 0.352 e. The molecule has 0 saturated carbocycles. The number of aromatic carboxylic acids is 1. The van der Waals surface area contributed by atoms with Crippen molar-refractivity contribution in [3.8, 4) is 0 Å². The van der Waals surface area contributed by atoms with Crippen molar-refractivity contribution >= 4 is 5.97 Å². The first kappa shape index (κ1) is 8.52. The van der Waals surface area contributed by atoms with Crippen molar-refractivity contribution < 1.29 is 9.90 Å². The van der Waals surface area contributed by atoms with Crippen molar-refractivity contribution in [3.05, 3.63) is 33.7 Å². The quantitative estimate of drug-likeness (QED) is 0.658. The summed E-state index contributed by atoms with van der Waals surface area (Å²) in [5.74, 6) is -1.08. The molecule has 0 aliphatic carbocycles. The molecule has 0 spiro atoms. The standard InChI is InChI=1S/C8H9NO3/c1-5-3-4-6(10)9(2)7(5)8(11)12/h3-4H,1-2H3,(H,11,12). The number of carboxylic acids is 1. The molecule has 1 rings (SSSR count). The summed E-state index contributed by atoms with van der Waals surface area (Å²) in [5.41, 5.74) is 0.324. The molecule has 0 unspecified atom stereocenters. The van der Waals surface area contributed by atoms with Gasteiger partial charge in [0, 0.05) is 13.1 Å². The van der Waals surface area contributed by atoms with Gasteiger partial charge in [-0.15, -0.1) is 0 Å². The molecule has 0 saturated heterocycles. The Bertz CT molecular complexity index is 378. The molecule has 0 aliphatic heterocycles. The van der Waals surface area contributed by atoms with Crippen molar-refractivity contribution in [1.82, 2.24) is 4.57 Å². The molecule has 12 heavy (non-hydrogen) atoms. The van der Waals surface area contributed by atoms with Gasteiger partial charge in [0.05, 0.1) is 0 Å². The number of hydrogen-bond donors (Lipinski definition) is 1. The van der Waals surface area contributed by atoms with Crippen LogP contribution < -0.4 is 5.56 Å². The zero-order valence-electron chi connectivity index (χ0n) is 6.87. The first-order chi connectivity index (χ1) is 5.54. The maximum absolute atomic E-state index is 11.0. The lowest BCUT2D eigenvalue weighted by Gasteiger charge is -2.05. The zero-order valence-corrected chi connectivity index (χ0v) is 6.87. The number of aryl methyl sites for hydroxylation is 1. The van der Waals surface area contributed by atoms with Crippen LogP contribution in [0, 0.1) is 6.92 Å². The smallest absolute Gasteiger partial charge is 0.352 e. The van der Waals surface area contributed by atoms with Crippen molar-refractivity contribution in [2.45, 2.75) is 6.92 Å². The number of nitrogens with zero attached hydrogens (tertiary/aromatic N) is 1. The average Bonchev–Trinajstić information content (AvgIpc) is 1.97. The fourth-order valence-electron chi connectivity index (χ4n) is 1.07. The highest BCUT2D eigenvalue weighted by Gasteiger charge is 2.10. The predicted molar refractivity (Wildman–Crippen MR) is 43.4 cm³/mol. The van der Waals surface area contributed by atoms with E-state index < -0.39 is 5.97 Å². The van der Waals surface area contributed by atoms with Gasteiger partial charge < -0.3 is 9.67 Å². The molecule has 4 heteroatoms. The van der Waals surface area contributed by atoms with Crippen LogP contribution in [-0.2, 0) is 7.05 Å². The summed E-state index contributed by atoms with van der Waals surface area (Å²) in [6.07, 6.45) is 0. The molecule has 0 bridgehead atoms. The summed E-state index contributed by atoms with van der Waals surface area (Å²) in [6.45, 7) is 1.66. The number of carbonyl (C=O) groups is 1. The summed E-state index contributed by atoms with van der Waals surface area (Å²) < 4.78 is 1.12. The minimum Gasteiger partial charge on any atom is -0.477 e. The number of hydrogen-bond acceptors (Lipinski definition) is 2. The molecule has 1 N–H and O–H groups in total. The Labute approximate surface area is 69.1 Å². The second kappa shape index (κ2) is 2.81. The normalized spacial score (nSPS) is 9.83. The molecule has 1 heterocycles. The third-order valence-electron chi connectivity index (χ3n) is 1.72. The van der Waals surface area contributed by atoms with E-state index in [-0.39, 0.29) is 11.3 Å². The van der Waals surface area contributed by atoms with Gasteiger partial charge in [-0.05, 0) is 12.5 Å². The van der Waals surface area contributed by atoms with Crippen LogP contribution in [0.2, 0.25) is 0 Å². The van der Waals surface area contributed by atoms with E-state index in [0.717, 1.165) is 4.57 Å². The van der Waals surface area contributed by atoms with E-state index >= 15 is 0 Å². The van der Waals surface area contributed by atoms with Gasteiger partial charge in [-0.25, -0.2) is 4.79 Å². The Morgan fingerprint density at radius 2 is 2.08 bits per heavy atom. The lowest BCUT2D eigenvalue weighted by Crippen LogP contribution is -2.23. The van der Waals surface area contributed by atoms with Crippen LogP contribution in [0.25, 0.3) is 0 Å². The first-order valence-corrected chi connectivity index (χ1v) is 3.44. The van der Waals surface area contributed by atoms with Crippen molar-refractivity contribution in [2.24, 2.45) is 7.05 Å². The Hall–Kier alpha value is -1.58. The van der Waals surface area contributed by atoms with E-state index in [1.54, 1.807) is 6.92 Å². The fourth-order valence-corrected chi connectivity index (χ4v) is 1.07. The SMILES string of the molecule is Cc1ccc(=O)n(C)c1C(=O)O. The molecular formula is C8H9NO3. The maximum atomic E-state index is 11.0. The zero-order chi connectivity index (χ0) is 9.30. The molecule has 4 nitrogen and oxygen atoms in total. The monoisotopic (exact) mass is 167 g/mol. The molecule has 0 aromatic carbocycles. The number of carboxylic acid groups (broad SMARTS) is 1. The lowest BCUT2D eigenvalue weighted by atomic mass is 10.2. The van der Waals surface area contributed by atoms with Gasteiger partial charge in [0.15, 0.2) is 0 Å². The Balaban J connectivity index is 3.54. The van der Waals surface area contributed by atoms with E-state index in [0.29, 0.717) is 5.56 Å².